The van der Waals surface area contributed by atoms with E-state index in [1.807, 2.05) is 0 Å². The number of halogens is 1. The summed E-state index contributed by atoms with van der Waals surface area (Å²) in [4.78, 5) is 17.0. The molecule has 28 heavy (non-hydrogen) atoms. The molecule has 2 fully saturated rings. The Balaban J connectivity index is 1.32. The molecule has 1 unspecified atom stereocenters. The number of fused-ring (bicyclic) bond motifs is 1. The van der Waals surface area contributed by atoms with Crippen LogP contribution in [-0.2, 0) is 11.3 Å². The molecule has 1 N–H and O–H groups in total. The molecule has 154 valence electrons. The third-order valence-corrected chi connectivity index (χ3v) is 6.92. The molecule has 1 aliphatic carbocycles. The summed E-state index contributed by atoms with van der Waals surface area (Å²) in [7, 11) is 0. The van der Waals surface area contributed by atoms with E-state index in [1.165, 1.54) is 25.3 Å². The van der Waals surface area contributed by atoms with Gasteiger partial charge in [0, 0.05) is 32.2 Å². The fourth-order valence-electron chi connectivity index (χ4n) is 5.42. The number of morpholine rings is 1. The van der Waals surface area contributed by atoms with E-state index in [-0.39, 0.29) is 11.5 Å². The van der Waals surface area contributed by atoms with Gasteiger partial charge in [0.15, 0.2) is 11.6 Å². The Hall–Kier alpha value is -1.66. The number of carbonyl (C=O) groups is 1. The molecule has 0 aromatic heterocycles. The van der Waals surface area contributed by atoms with Gasteiger partial charge in [-0.05, 0) is 55.6 Å². The molecule has 1 aromatic carbocycles. The average Bonchev–Trinajstić information content (AvgIpc) is 3.03. The van der Waals surface area contributed by atoms with E-state index in [4.69, 9.17) is 4.74 Å². The van der Waals surface area contributed by atoms with Crippen molar-refractivity contribution in [2.75, 3.05) is 32.8 Å². The van der Waals surface area contributed by atoms with Gasteiger partial charge in [0.05, 0.1) is 18.8 Å². The van der Waals surface area contributed by atoms with Crippen molar-refractivity contribution in [1.82, 2.24) is 9.80 Å². The van der Waals surface area contributed by atoms with Gasteiger partial charge in [-0.3, -0.25) is 9.69 Å². The quantitative estimate of drug-likeness (QED) is 0.837. The average molecular weight is 390 g/mol. The van der Waals surface area contributed by atoms with E-state index in [0.29, 0.717) is 30.6 Å². The number of amides is 1. The van der Waals surface area contributed by atoms with Crippen molar-refractivity contribution in [2.24, 2.45) is 11.8 Å². The van der Waals surface area contributed by atoms with Crippen LogP contribution in [-0.4, -0.2) is 59.7 Å². The summed E-state index contributed by atoms with van der Waals surface area (Å²) in [6, 6.07) is 3.64. The monoisotopic (exact) mass is 390 g/mol. The van der Waals surface area contributed by atoms with Crippen molar-refractivity contribution >= 4 is 5.91 Å². The van der Waals surface area contributed by atoms with E-state index >= 15 is 0 Å². The summed E-state index contributed by atoms with van der Waals surface area (Å²) in [6.07, 6.45) is 5.83. The van der Waals surface area contributed by atoms with Crippen molar-refractivity contribution < 1.29 is 19.0 Å². The highest BCUT2D eigenvalue weighted by Crippen LogP contribution is 2.36. The minimum absolute atomic E-state index is 0.0621. The minimum Gasteiger partial charge on any atom is -0.505 e. The van der Waals surface area contributed by atoms with Gasteiger partial charge in [0.1, 0.15) is 0 Å². The first-order chi connectivity index (χ1) is 13.6. The molecular formula is C22H31FN2O3. The second-order valence-electron chi connectivity index (χ2n) is 8.52. The van der Waals surface area contributed by atoms with Gasteiger partial charge in [-0.1, -0.05) is 13.0 Å². The number of aromatic hydroxyl groups is 1. The number of ether oxygens (including phenoxy) is 1. The third kappa shape index (κ3) is 3.77. The van der Waals surface area contributed by atoms with E-state index in [9.17, 15) is 14.3 Å². The van der Waals surface area contributed by atoms with Crippen LogP contribution in [0, 0.1) is 17.7 Å². The molecule has 3 aliphatic rings. The van der Waals surface area contributed by atoms with Crippen molar-refractivity contribution in [3.8, 4) is 5.75 Å². The third-order valence-electron chi connectivity index (χ3n) is 6.92. The van der Waals surface area contributed by atoms with E-state index in [1.54, 1.807) is 11.0 Å². The van der Waals surface area contributed by atoms with Crippen LogP contribution in [0.25, 0.3) is 0 Å². The predicted molar refractivity (Wildman–Crippen MR) is 105 cm³/mol. The van der Waals surface area contributed by atoms with E-state index in [0.717, 1.165) is 45.1 Å². The molecule has 5 nitrogen and oxygen atoms in total. The first kappa shape index (κ1) is 19.6. The zero-order valence-corrected chi connectivity index (χ0v) is 16.7. The number of benzene rings is 1. The Bertz CT molecular complexity index is 712. The second-order valence-corrected chi connectivity index (χ2v) is 8.52. The standard InChI is InChI=1S/C22H31FN2O3/c1-2-18(24-9-11-28-12-10-24)16-5-3-15(4-6-16)13-25-14-17-7-8-19(26)21(23)20(17)22(25)27/h7-8,15-16,18,26H,2-6,9-14H2,1H3. The molecular weight excluding hydrogens is 359 g/mol. The molecule has 1 atom stereocenters. The van der Waals surface area contributed by atoms with Crippen LogP contribution in [0.3, 0.4) is 0 Å². The normalized spacial score (nSPS) is 27.1. The first-order valence-corrected chi connectivity index (χ1v) is 10.7. The number of phenolic OH excluding ortho intramolecular Hbond substituents is 1. The molecule has 2 heterocycles. The number of hydrogen-bond acceptors (Lipinski definition) is 4. The van der Waals surface area contributed by atoms with Gasteiger partial charge in [-0.25, -0.2) is 4.39 Å². The van der Waals surface area contributed by atoms with Crippen LogP contribution >= 0.6 is 0 Å². The number of carbonyl (C=O) groups excluding carboxylic acids is 1. The highest BCUT2D eigenvalue weighted by Gasteiger charge is 2.35. The molecule has 1 saturated carbocycles. The maximum Gasteiger partial charge on any atom is 0.257 e. The summed E-state index contributed by atoms with van der Waals surface area (Å²) in [5, 5.41) is 9.56. The Morgan fingerprint density at radius 1 is 1.21 bits per heavy atom. The van der Waals surface area contributed by atoms with Crippen LogP contribution in [0.2, 0.25) is 0 Å². The maximum absolute atomic E-state index is 14.1. The van der Waals surface area contributed by atoms with Crippen molar-refractivity contribution in [2.45, 2.75) is 51.6 Å². The van der Waals surface area contributed by atoms with E-state index in [2.05, 4.69) is 11.8 Å². The Labute approximate surface area is 166 Å². The Morgan fingerprint density at radius 3 is 2.61 bits per heavy atom. The fraction of sp³-hybridized carbons (Fsp3) is 0.682. The van der Waals surface area contributed by atoms with E-state index < -0.39 is 11.6 Å². The largest absolute Gasteiger partial charge is 0.505 e. The number of nitrogens with zero attached hydrogens (tertiary/aromatic N) is 2. The number of phenols is 1. The molecule has 0 spiro atoms. The topological polar surface area (TPSA) is 53.0 Å². The molecule has 2 aliphatic heterocycles. The Morgan fingerprint density at radius 2 is 1.93 bits per heavy atom. The van der Waals surface area contributed by atoms with Gasteiger partial charge in [-0.15, -0.1) is 0 Å². The lowest BCUT2D eigenvalue weighted by molar-refractivity contribution is -0.00611. The molecule has 4 rings (SSSR count). The zero-order valence-electron chi connectivity index (χ0n) is 16.7. The predicted octanol–water partition coefficient (Wildman–Crippen LogP) is 3.40. The highest BCUT2D eigenvalue weighted by molar-refractivity contribution is 5.99. The van der Waals surface area contributed by atoms with Gasteiger partial charge >= 0.3 is 0 Å². The second kappa shape index (κ2) is 8.37. The van der Waals surface area contributed by atoms with Crippen LogP contribution in [0.4, 0.5) is 4.39 Å². The van der Waals surface area contributed by atoms with Crippen molar-refractivity contribution in [1.29, 1.82) is 0 Å². The SMILES string of the molecule is CCC(C1CCC(CN2Cc3ccc(O)c(F)c3C2=O)CC1)N1CCOCC1. The first-order valence-electron chi connectivity index (χ1n) is 10.7. The van der Waals surface area contributed by atoms with Gasteiger partial charge in [-0.2, -0.15) is 0 Å². The molecule has 1 aromatic rings. The summed E-state index contributed by atoms with van der Waals surface area (Å²) in [5.41, 5.74) is 0.749. The van der Waals surface area contributed by atoms with Crippen LogP contribution in [0.1, 0.15) is 54.9 Å². The smallest absolute Gasteiger partial charge is 0.257 e. The number of hydrogen-bond donors (Lipinski definition) is 1. The lowest BCUT2D eigenvalue weighted by atomic mass is 9.77. The van der Waals surface area contributed by atoms with Gasteiger partial charge < -0.3 is 14.7 Å². The zero-order chi connectivity index (χ0) is 19.7. The lowest BCUT2D eigenvalue weighted by Crippen LogP contribution is -2.47. The summed E-state index contributed by atoms with van der Waals surface area (Å²) >= 11 is 0. The van der Waals surface area contributed by atoms with Crippen molar-refractivity contribution in [3.63, 3.8) is 0 Å². The van der Waals surface area contributed by atoms with Crippen LogP contribution in [0.15, 0.2) is 12.1 Å². The molecule has 6 heteroatoms. The molecule has 0 bridgehead atoms. The number of rotatable bonds is 5. The van der Waals surface area contributed by atoms with Crippen LogP contribution < -0.4 is 0 Å². The fourth-order valence-corrected chi connectivity index (χ4v) is 5.42. The summed E-state index contributed by atoms with van der Waals surface area (Å²) < 4.78 is 19.7. The Kier molecular flexibility index (Phi) is 5.88. The molecule has 0 radical (unpaired) electrons. The van der Waals surface area contributed by atoms with Gasteiger partial charge in [0.25, 0.3) is 5.91 Å². The van der Waals surface area contributed by atoms with Crippen molar-refractivity contribution in [3.05, 3.63) is 29.1 Å². The lowest BCUT2D eigenvalue weighted by Gasteiger charge is -2.42. The van der Waals surface area contributed by atoms with Crippen LogP contribution in [0.5, 0.6) is 5.75 Å². The molecule has 1 amide bonds. The minimum atomic E-state index is -0.773. The highest BCUT2D eigenvalue weighted by atomic mass is 19.1. The summed E-state index contributed by atoms with van der Waals surface area (Å²) in [6.45, 7) is 7.20. The summed E-state index contributed by atoms with van der Waals surface area (Å²) in [5.74, 6) is -0.285. The molecule has 1 saturated heterocycles. The maximum atomic E-state index is 14.1. The van der Waals surface area contributed by atoms with Gasteiger partial charge in [0.2, 0.25) is 0 Å².